The molecule has 1 aliphatic rings. The Kier molecular flexibility index (Phi) is 6.49. The van der Waals surface area contributed by atoms with Crippen molar-refractivity contribution in [2.45, 2.75) is 25.9 Å². The third-order valence-corrected chi connectivity index (χ3v) is 3.94. The molecule has 1 aliphatic heterocycles. The van der Waals surface area contributed by atoms with E-state index in [9.17, 15) is 4.79 Å². The lowest BCUT2D eigenvalue weighted by Crippen LogP contribution is -2.36. The molecule has 1 saturated heterocycles. The first-order chi connectivity index (χ1) is 10.2. The third-order valence-electron chi connectivity index (χ3n) is 3.71. The molecule has 4 nitrogen and oxygen atoms in total. The van der Waals surface area contributed by atoms with Gasteiger partial charge in [-0.05, 0) is 44.0 Å². The molecule has 1 aromatic rings. The van der Waals surface area contributed by atoms with E-state index >= 15 is 0 Å². The fourth-order valence-corrected chi connectivity index (χ4v) is 2.94. The summed E-state index contributed by atoms with van der Waals surface area (Å²) in [5.41, 5.74) is 1.04. The molecule has 5 heteroatoms. The summed E-state index contributed by atoms with van der Waals surface area (Å²) in [4.78, 5) is 11.7. The second kappa shape index (κ2) is 8.37. The van der Waals surface area contributed by atoms with Gasteiger partial charge >= 0.3 is 0 Å². The summed E-state index contributed by atoms with van der Waals surface area (Å²) in [5.74, 6) is 0.292. The molecule has 1 amide bonds. The molecule has 0 saturated carbocycles. The van der Waals surface area contributed by atoms with Gasteiger partial charge in [0.2, 0.25) is 5.91 Å². The van der Waals surface area contributed by atoms with Crippen molar-refractivity contribution in [3.8, 4) is 0 Å². The molecule has 0 bridgehead atoms. The number of hydrogen-bond acceptors (Lipinski definition) is 3. The van der Waals surface area contributed by atoms with E-state index in [0.29, 0.717) is 17.5 Å². The molecule has 1 unspecified atom stereocenters. The van der Waals surface area contributed by atoms with E-state index < -0.39 is 0 Å². The Hall–Kier alpha value is -1.10. The largest absolute Gasteiger partial charge is 0.363 e. The highest BCUT2D eigenvalue weighted by Crippen LogP contribution is 2.31. The summed E-state index contributed by atoms with van der Waals surface area (Å²) < 4.78 is 5.93. The zero-order chi connectivity index (χ0) is 15.1. The SMILES string of the molecule is CCNC(=O)CO[C@@H](c1cccc(Cl)c1)C1CCCNC1. The molecule has 1 heterocycles. The first-order valence-corrected chi connectivity index (χ1v) is 7.93. The van der Waals surface area contributed by atoms with Gasteiger partial charge in [0.15, 0.2) is 0 Å². The van der Waals surface area contributed by atoms with Crippen LogP contribution in [-0.4, -0.2) is 32.1 Å². The van der Waals surface area contributed by atoms with Crippen LogP contribution in [0.25, 0.3) is 0 Å². The van der Waals surface area contributed by atoms with Crippen LogP contribution < -0.4 is 10.6 Å². The number of carbonyl (C=O) groups excluding carboxylic acids is 1. The number of carbonyl (C=O) groups is 1. The highest BCUT2D eigenvalue weighted by Gasteiger charge is 2.26. The quantitative estimate of drug-likeness (QED) is 0.849. The Morgan fingerprint density at radius 1 is 1.57 bits per heavy atom. The van der Waals surface area contributed by atoms with Gasteiger partial charge in [0.1, 0.15) is 6.61 Å². The molecule has 2 rings (SSSR count). The summed E-state index contributed by atoms with van der Waals surface area (Å²) in [6, 6.07) is 7.73. The van der Waals surface area contributed by atoms with Crippen molar-refractivity contribution in [1.82, 2.24) is 10.6 Å². The number of benzene rings is 1. The van der Waals surface area contributed by atoms with Crippen LogP contribution in [0.2, 0.25) is 5.02 Å². The number of ether oxygens (including phenoxy) is 1. The minimum atomic E-state index is -0.0980. The minimum Gasteiger partial charge on any atom is -0.363 e. The Bertz CT molecular complexity index is 461. The van der Waals surface area contributed by atoms with Crippen LogP contribution >= 0.6 is 11.6 Å². The van der Waals surface area contributed by atoms with Gasteiger partial charge in [0.05, 0.1) is 6.10 Å². The molecule has 1 fully saturated rings. The van der Waals surface area contributed by atoms with Crippen molar-refractivity contribution in [3.05, 3.63) is 34.9 Å². The van der Waals surface area contributed by atoms with Crippen LogP contribution in [-0.2, 0) is 9.53 Å². The summed E-state index contributed by atoms with van der Waals surface area (Å²) >= 11 is 6.09. The monoisotopic (exact) mass is 310 g/mol. The fourth-order valence-electron chi connectivity index (χ4n) is 2.74. The molecule has 0 radical (unpaired) electrons. The van der Waals surface area contributed by atoms with Gasteiger partial charge in [-0.3, -0.25) is 4.79 Å². The first-order valence-electron chi connectivity index (χ1n) is 7.55. The number of halogens is 1. The van der Waals surface area contributed by atoms with Gasteiger partial charge in [-0.25, -0.2) is 0 Å². The van der Waals surface area contributed by atoms with E-state index in [4.69, 9.17) is 16.3 Å². The Labute approximate surface area is 131 Å². The molecular formula is C16H23ClN2O2. The van der Waals surface area contributed by atoms with Crippen molar-refractivity contribution in [2.24, 2.45) is 5.92 Å². The predicted molar refractivity (Wildman–Crippen MR) is 84.4 cm³/mol. The lowest BCUT2D eigenvalue weighted by molar-refractivity contribution is -0.129. The van der Waals surface area contributed by atoms with Gasteiger partial charge < -0.3 is 15.4 Å². The summed E-state index contributed by atoms with van der Waals surface area (Å²) in [6.07, 6.45) is 2.13. The summed E-state index contributed by atoms with van der Waals surface area (Å²) in [6.45, 7) is 4.57. The molecule has 0 aliphatic carbocycles. The topological polar surface area (TPSA) is 50.4 Å². The van der Waals surface area contributed by atoms with E-state index in [1.165, 1.54) is 0 Å². The van der Waals surface area contributed by atoms with Crippen LogP contribution in [0.5, 0.6) is 0 Å². The van der Waals surface area contributed by atoms with Crippen molar-refractivity contribution < 1.29 is 9.53 Å². The first kappa shape index (κ1) is 16.3. The Morgan fingerprint density at radius 3 is 3.10 bits per heavy atom. The second-order valence-corrected chi connectivity index (χ2v) is 5.78. The van der Waals surface area contributed by atoms with Crippen LogP contribution in [0.15, 0.2) is 24.3 Å². The van der Waals surface area contributed by atoms with E-state index in [1.807, 2.05) is 31.2 Å². The molecule has 0 spiro atoms. The molecule has 21 heavy (non-hydrogen) atoms. The third kappa shape index (κ3) is 4.99. The van der Waals surface area contributed by atoms with E-state index in [1.54, 1.807) is 0 Å². The number of amides is 1. The van der Waals surface area contributed by atoms with Gasteiger partial charge in [-0.2, -0.15) is 0 Å². The van der Waals surface area contributed by atoms with Crippen molar-refractivity contribution >= 4 is 17.5 Å². The highest BCUT2D eigenvalue weighted by atomic mass is 35.5. The zero-order valence-electron chi connectivity index (χ0n) is 12.4. The van der Waals surface area contributed by atoms with E-state index in [0.717, 1.165) is 31.5 Å². The van der Waals surface area contributed by atoms with Crippen LogP contribution in [0.4, 0.5) is 0 Å². The highest BCUT2D eigenvalue weighted by molar-refractivity contribution is 6.30. The molecule has 2 atom stereocenters. The van der Waals surface area contributed by atoms with Crippen molar-refractivity contribution in [2.75, 3.05) is 26.2 Å². The minimum absolute atomic E-state index is 0.0757. The predicted octanol–water partition coefficient (Wildman–Crippen LogP) is 2.53. The number of rotatable bonds is 6. The van der Waals surface area contributed by atoms with Gasteiger partial charge in [0, 0.05) is 24.0 Å². The average molecular weight is 311 g/mol. The standard InChI is InChI=1S/C16H23ClN2O2/c1-2-19-15(20)11-21-16(13-6-4-8-18-10-13)12-5-3-7-14(17)9-12/h3,5,7,9,13,16,18H,2,4,6,8,10-11H2,1H3,(H,19,20)/t13?,16-/m0/s1. The normalized spacial score (nSPS) is 20.0. The van der Waals surface area contributed by atoms with Crippen LogP contribution in [0, 0.1) is 5.92 Å². The number of hydrogen-bond donors (Lipinski definition) is 2. The van der Waals surface area contributed by atoms with Gasteiger partial charge in [-0.15, -0.1) is 0 Å². The summed E-state index contributed by atoms with van der Waals surface area (Å²) in [5, 5.41) is 6.86. The smallest absolute Gasteiger partial charge is 0.246 e. The maximum Gasteiger partial charge on any atom is 0.246 e. The van der Waals surface area contributed by atoms with Crippen molar-refractivity contribution in [1.29, 1.82) is 0 Å². The van der Waals surface area contributed by atoms with Gasteiger partial charge in [0.25, 0.3) is 0 Å². The fraction of sp³-hybridized carbons (Fsp3) is 0.562. The Morgan fingerprint density at radius 2 is 2.43 bits per heavy atom. The van der Waals surface area contributed by atoms with Crippen LogP contribution in [0.3, 0.4) is 0 Å². The summed E-state index contributed by atoms with van der Waals surface area (Å²) in [7, 11) is 0. The molecule has 2 N–H and O–H groups in total. The van der Waals surface area contributed by atoms with E-state index in [2.05, 4.69) is 10.6 Å². The Balaban J connectivity index is 2.07. The molecular weight excluding hydrogens is 288 g/mol. The lowest BCUT2D eigenvalue weighted by Gasteiger charge is -2.31. The average Bonchev–Trinajstić information content (AvgIpc) is 2.49. The zero-order valence-corrected chi connectivity index (χ0v) is 13.2. The lowest BCUT2D eigenvalue weighted by atomic mass is 9.89. The van der Waals surface area contributed by atoms with Crippen molar-refractivity contribution in [3.63, 3.8) is 0 Å². The number of likely N-dealkylation sites (N-methyl/N-ethyl adjacent to an activating group) is 1. The number of piperidine rings is 1. The number of nitrogens with one attached hydrogen (secondary N) is 2. The second-order valence-electron chi connectivity index (χ2n) is 5.35. The van der Waals surface area contributed by atoms with Crippen LogP contribution in [0.1, 0.15) is 31.4 Å². The molecule has 0 aromatic heterocycles. The maximum absolute atomic E-state index is 11.7. The van der Waals surface area contributed by atoms with Gasteiger partial charge in [-0.1, -0.05) is 23.7 Å². The van der Waals surface area contributed by atoms with E-state index in [-0.39, 0.29) is 18.6 Å². The molecule has 116 valence electrons. The molecule has 1 aromatic carbocycles. The maximum atomic E-state index is 11.7.